The van der Waals surface area contributed by atoms with Crippen LogP contribution in [0.25, 0.3) is 11.1 Å². The maximum absolute atomic E-state index is 2.59. The van der Waals surface area contributed by atoms with Gasteiger partial charge in [0.1, 0.15) is 6.67 Å². The second kappa shape index (κ2) is 12.1. The van der Waals surface area contributed by atoms with Crippen molar-refractivity contribution in [3.8, 4) is 11.1 Å². The average molecular weight is 550 g/mol. The van der Waals surface area contributed by atoms with Gasteiger partial charge in [-0.15, -0.1) is 0 Å². The van der Waals surface area contributed by atoms with Crippen molar-refractivity contribution in [2.24, 2.45) is 0 Å². The maximum Gasteiger partial charge on any atom is 0.142 e. The molecule has 209 valence electrons. The van der Waals surface area contributed by atoms with E-state index in [4.69, 9.17) is 0 Å². The standard InChI is InChI=1S/C38H37N4/c1-3-11-31(12-4-1)27-41-30-42(38-18-10-9-17-37(38)41)28-32-19-21-35(22-20-32)40-25-23-39(24-26-40)29-34-15-7-8-16-36(34)33-13-5-2-6-14-33/h1-22,30H,23-29H2. The number of benzene rings is 5. The number of piperazine rings is 1. The van der Waals surface area contributed by atoms with Gasteiger partial charge >= 0.3 is 0 Å². The third kappa shape index (κ3) is 5.77. The first kappa shape index (κ1) is 26.4. The van der Waals surface area contributed by atoms with Crippen LogP contribution in [0.1, 0.15) is 16.7 Å². The van der Waals surface area contributed by atoms with Crippen LogP contribution < -0.4 is 14.7 Å². The number of para-hydroxylation sites is 2. The minimum Gasteiger partial charge on any atom is -0.369 e. The third-order valence-corrected chi connectivity index (χ3v) is 8.50. The van der Waals surface area contributed by atoms with Crippen LogP contribution in [0.15, 0.2) is 133 Å². The van der Waals surface area contributed by atoms with Gasteiger partial charge in [-0.05, 0) is 52.1 Å². The summed E-state index contributed by atoms with van der Waals surface area (Å²) >= 11 is 0. The molecule has 2 heterocycles. The molecule has 0 atom stereocenters. The van der Waals surface area contributed by atoms with Crippen LogP contribution in [0.2, 0.25) is 0 Å². The van der Waals surface area contributed by atoms with E-state index < -0.39 is 0 Å². The maximum atomic E-state index is 2.59. The average Bonchev–Trinajstić information content (AvgIpc) is 3.39. The number of fused-ring (bicyclic) bond motifs is 1. The Hall–Kier alpha value is -4.54. The summed E-state index contributed by atoms with van der Waals surface area (Å²) in [7, 11) is 0. The molecular weight excluding hydrogens is 512 g/mol. The van der Waals surface area contributed by atoms with Crippen LogP contribution >= 0.6 is 0 Å². The van der Waals surface area contributed by atoms with Gasteiger partial charge < -0.3 is 14.7 Å². The van der Waals surface area contributed by atoms with Crippen molar-refractivity contribution in [1.82, 2.24) is 4.90 Å². The molecular formula is C38H37N4. The molecule has 0 bridgehead atoms. The Balaban J connectivity index is 0.964. The molecule has 5 aromatic carbocycles. The SMILES string of the molecule is [CH]1N(Cc2ccccc2)c2ccccc2N1Cc1ccc(N2CCN(Cc3ccccc3-c3ccccc3)CC2)cc1. The Bertz CT molecular complexity index is 1590. The molecule has 1 radical (unpaired) electrons. The fourth-order valence-corrected chi connectivity index (χ4v) is 6.25. The Labute approximate surface area is 250 Å². The van der Waals surface area contributed by atoms with E-state index in [0.717, 1.165) is 45.8 Å². The van der Waals surface area contributed by atoms with Crippen LogP contribution in [0, 0.1) is 6.67 Å². The number of hydrogen-bond acceptors (Lipinski definition) is 4. The van der Waals surface area contributed by atoms with Gasteiger partial charge in [0.2, 0.25) is 0 Å². The van der Waals surface area contributed by atoms with Crippen LogP contribution in [0.3, 0.4) is 0 Å². The van der Waals surface area contributed by atoms with Gasteiger partial charge in [-0.3, -0.25) is 4.90 Å². The first-order valence-electron chi connectivity index (χ1n) is 15.0. The summed E-state index contributed by atoms with van der Waals surface area (Å²) < 4.78 is 0. The minimum absolute atomic E-state index is 0.858. The summed E-state index contributed by atoms with van der Waals surface area (Å²) in [4.78, 5) is 9.85. The zero-order valence-corrected chi connectivity index (χ0v) is 24.0. The number of anilines is 3. The summed E-state index contributed by atoms with van der Waals surface area (Å²) in [6.07, 6.45) is 0. The smallest absolute Gasteiger partial charge is 0.142 e. The van der Waals surface area contributed by atoms with Crippen molar-refractivity contribution in [3.63, 3.8) is 0 Å². The highest BCUT2D eigenvalue weighted by molar-refractivity contribution is 5.78. The molecule has 2 aliphatic rings. The van der Waals surface area contributed by atoms with Crippen molar-refractivity contribution in [1.29, 1.82) is 0 Å². The molecule has 0 spiro atoms. The summed E-state index contributed by atoms with van der Waals surface area (Å²) in [6, 6.07) is 48.2. The van der Waals surface area contributed by atoms with E-state index in [1.54, 1.807) is 0 Å². The first-order chi connectivity index (χ1) is 20.8. The van der Waals surface area contributed by atoms with E-state index in [-0.39, 0.29) is 0 Å². The minimum atomic E-state index is 0.858. The second-order valence-corrected chi connectivity index (χ2v) is 11.3. The zero-order chi connectivity index (χ0) is 28.1. The lowest BCUT2D eigenvalue weighted by molar-refractivity contribution is 0.250. The van der Waals surface area contributed by atoms with Crippen molar-refractivity contribution >= 4 is 17.1 Å². The molecule has 0 N–H and O–H groups in total. The van der Waals surface area contributed by atoms with Gasteiger partial charge in [0.05, 0.1) is 11.4 Å². The summed E-state index contributed by atoms with van der Waals surface area (Å²) in [5, 5.41) is 0. The summed E-state index contributed by atoms with van der Waals surface area (Å²) in [5.74, 6) is 0. The van der Waals surface area contributed by atoms with E-state index >= 15 is 0 Å². The molecule has 5 aromatic rings. The van der Waals surface area contributed by atoms with Gasteiger partial charge in [-0.2, -0.15) is 0 Å². The van der Waals surface area contributed by atoms with Crippen molar-refractivity contribution < 1.29 is 0 Å². The van der Waals surface area contributed by atoms with Crippen molar-refractivity contribution in [2.45, 2.75) is 19.6 Å². The number of nitrogens with zero attached hydrogens (tertiary/aromatic N) is 4. The topological polar surface area (TPSA) is 13.0 Å². The molecule has 0 unspecified atom stereocenters. The van der Waals surface area contributed by atoms with E-state index in [1.165, 1.54) is 44.9 Å². The Morgan fingerprint density at radius 1 is 0.452 bits per heavy atom. The van der Waals surface area contributed by atoms with Crippen LogP contribution in [-0.4, -0.2) is 31.1 Å². The summed E-state index contributed by atoms with van der Waals surface area (Å²) in [5.41, 5.74) is 10.5. The molecule has 0 saturated carbocycles. The van der Waals surface area contributed by atoms with Gasteiger partial charge in [-0.1, -0.05) is 109 Å². The normalized spacial score (nSPS) is 15.2. The Morgan fingerprint density at radius 2 is 1.00 bits per heavy atom. The fourth-order valence-electron chi connectivity index (χ4n) is 6.25. The van der Waals surface area contributed by atoms with Gasteiger partial charge in [0.15, 0.2) is 0 Å². The number of hydrogen-bond donors (Lipinski definition) is 0. The van der Waals surface area contributed by atoms with Gasteiger partial charge in [-0.25, -0.2) is 0 Å². The van der Waals surface area contributed by atoms with E-state index in [0.29, 0.717) is 0 Å². The van der Waals surface area contributed by atoms with Crippen molar-refractivity contribution in [3.05, 3.63) is 157 Å². The quantitative estimate of drug-likeness (QED) is 0.196. The van der Waals surface area contributed by atoms with E-state index in [2.05, 4.69) is 160 Å². The first-order valence-corrected chi connectivity index (χ1v) is 15.0. The Kier molecular flexibility index (Phi) is 7.62. The molecule has 42 heavy (non-hydrogen) atoms. The van der Waals surface area contributed by atoms with Crippen LogP contribution in [0.4, 0.5) is 17.1 Å². The highest BCUT2D eigenvalue weighted by Gasteiger charge is 2.26. The molecule has 4 heteroatoms. The lowest BCUT2D eigenvalue weighted by Gasteiger charge is -2.36. The molecule has 2 aliphatic heterocycles. The summed E-state index contributed by atoms with van der Waals surface area (Å²) in [6.45, 7) is 9.23. The lowest BCUT2D eigenvalue weighted by Crippen LogP contribution is -2.46. The van der Waals surface area contributed by atoms with Crippen LogP contribution in [0.5, 0.6) is 0 Å². The third-order valence-electron chi connectivity index (χ3n) is 8.50. The molecule has 7 rings (SSSR count). The molecule has 1 saturated heterocycles. The molecule has 0 amide bonds. The predicted octanol–water partition coefficient (Wildman–Crippen LogP) is 7.82. The van der Waals surface area contributed by atoms with Gasteiger partial charge in [0, 0.05) is 51.5 Å². The lowest BCUT2D eigenvalue weighted by atomic mass is 9.99. The molecule has 1 fully saturated rings. The highest BCUT2D eigenvalue weighted by Crippen LogP contribution is 2.39. The van der Waals surface area contributed by atoms with E-state index in [1.807, 2.05) is 0 Å². The molecule has 0 aromatic heterocycles. The zero-order valence-electron chi connectivity index (χ0n) is 24.0. The van der Waals surface area contributed by atoms with Crippen LogP contribution in [-0.2, 0) is 19.6 Å². The predicted molar refractivity (Wildman–Crippen MR) is 175 cm³/mol. The van der Waals surface area contributed by atoms with Gasteiger partial charge in [0.25, 0.3) is 0 Å². The molecule has 0 aliphatic carbocycles. The largest absolute Gasteiger partial charge is 0.369 e. The monoisotopic (exact) mass is 549 g/mol. The number of rotatable bonds is 8. The van der Waals surface area contributed by atoms with Crippen molar-refractivity contribution in [2.75, 3.05) is 40.9 Å². The van der Waals surface area contributed by atoms with E-state index in [9.17, 15) is 0 Å². The molecule has 4 nitrogen and oxygen atoms in total. The second-order valence-electron chi connectivity index (χ2n) is 11.3. The highest BCUT2D eigenvalue weighted by atomic mass is 15.4. The Morgan fingerprint density at radius 3 is 1.67 bits per heavy atom. The fraction of sp³-hybridized carbons (Fsp3) is 0.184.